The number of halogens is 2. The van der Waals surface area contributed by atoms with E-state index in [-0.39, 0.29) is 18.5 Å². The van der Waals surface area contributed by atoms with Gasteiger partial charge < -0.3 is 15.8 Å². The molecule has 1 fully saturated rings. The molecule has 1 heterocycles. The Hall–Kier alpha value is -1.17. The van der Waals surface area contributed by atoms with Crippen LogP contribution in [0.4, 0.5) is 4.39 Å². The van der Waals surface area contributed by atoms with Gasteiger partial charge in [0.1, 0.15) is 5.82 Å². The molecule has 0 aromatic heterocycles. The van der Waals surface area contributed by atoms with E-state index in [0.29, 0.717) is 36.6 Å². The third-order valence-corrected chi connectivity index (χ3v) is 4.43. The van der Waals surface area contributed by atoms with Crippen LogP contribution in [0.5, 0.6) is 0 Å². The maximum absolute atomic E-state index is 13.1. The predicted molar refractivity (Wildman–Crippen MR) is 79.5 cm³/mol. The lowest BCUT2D eigenvalue weighted by Crippen LogP contribution is -2.49. The van der Waals surface area contributed by atoms with Gasteiger partial charge in [0, 0.05) is 24.8 Å². The van der Waals surface area contributed by atoms with Gasteiger partial charge in [-0.3, -0.25) is 4.79 Å². The second-order valence-electron chi connectivity index (χ2n) is 5.46. The van der Waals surface area contributed by atoms with Crippen LogP contribution in [0.15, 0.2) is 18.2 Å². The smallest absolute Gasteiger partial charge is 0.228 e. The van der Waals surface area contributed by atoms with Crippen molar-refractivity contribution in [2.45, 2.75) is 25.8 Å². The number of hydrogen-bond acceptors (Lipinski definition) is 3. The molecule has 1 aliphatic heterocycles. The summed E-state index contributed by atoms with van der Waals surface area (Å²) in [6, 6.07) is 3.85. The van der Waals surface area contributed by atoms with Gasteiger partial charge in [0.15, 0.2) is 0 Å². The van der Waals surface area contributed by atoms with E-state index in [1.54, 1.807) is 6.07 Å². The van der Waals surface area contributed by atoms with E-state index >= 15 is 0 Å². The van der Waals surface area contributed by atoms with E-state index in [9.17, 15) is 9.18 Å². The minimum atomic E-state index is -0.584. The van der Waals surface area contributed by atoms with Gasteiger partial charge in [-0.15, -0.1) is 0 Å². The van der Waals surface area contributed by atoms with Crippen LogP contribution in [0.25, 0.3) is 0 Å². The number of nitrogens with one attached hydrogen (secondary N) is 1. The topological polar surface area (TPSA) is 64.4 Å². The molecular weight excluding hydrogens is 295 g/mol. The summed E-state index contributed by atoms with van der Waals surface area (Å²) in [6.45, 7) is 3.18. The number of hydrogen-bond donors (Lipinski definition) is 2. The fourth-order valence-electron chi connectivity index (χ4n) is 2.57. The van der Waals surface area contributed by atoms with Crippen LogP contribution in [0.2, 0.25) is 5.02 Å². The Morgan fingerprint density at radius 1 is 1.52 bits per heavy atom. The number of carbonyl (C=O) groups excluding carboxylic acids is 1. The Balaban J connectivity index is 2.10. The van der Waals surface area contributed by atoms with E-state index in [1.165, 1.54) is 12.1 Å². The average molecular weight is 315 g/mol. The van der Waals surface area contributed by atoms with Crippen molar-refractivity contribution in [1.29, 1.82) is 0 Å². The molecular formula is C15H20ClFN2O2. The van der Waals surface area contributed by atoms with Crippen molar-refractivity contribution in [3.63, 3.8) is 0 Å². The van der Waals surface area contributed by atoms with Crippen LogP contribution >= 0.6 is 11.6 Å². The Morgan fingerprint density at radius 2 is 2.19 bits per heavy atom. The second kappa shape index (κ2) is 6.73. The molecule has 1 atom stereocenters. The number of benzene rings is 1. The van der Waals surface area contributed by atoms with Gasteiger partial charge in [-0.1, -0.05) is 17.7 Å². The molecule has 0 aliphatic carbocycles. The molecule has 2 rings (SSSR count). The zero-order chi connectivity index (χ0) is 15.5. The van der Waals surface area contributed by atoms with Crippen molar-refractivity contribution in [2.24, 2.45) is 11.1 Å². The van der Waals surface area contributed by atoms with Gasteiger partial charge in [-0.2, -0.15) is 0 Å². The lowest BCUT2D eigenvalue weighted by molar-refractivity contribution is -0.136. The Morgan fingerprint density at radius 3 is 2.76 bits per heavy atom. The van der Waals surface area contributed by atoms with Crippen LogP contribution in [-0.4, -0.2) is 25.7 Å². The average Bonchev–Trinajstić information content (AvgIpc) is 2.47. The molecule has 0 radical (unpaired) electrons. The lowest BCUT2D eigenvalue weighted by atomic mass is 9.79. The van der Waals surface area contributed by atoms with Crippen molar-refractivity contribution in [1.82, 2.24) is 5.32 Å². The molecule has 4 nitrogen and oxygen atoms in total. The maximum atomic E-state index is 13.1. The summed E-state index contributed by atoms with van der Waals surface area (Å²) < 4.78 is 18.4. The third-order valence-electron chi connectivity index (χ3n) is 4.10. The number of ether oxygens (including phenoxy) is 1. The molecule has 1 aliphatic rings. The molecule has 1 unspecified atom stereocenters. The highest BCUT2D eigenvalue weighted by Gasteiger charge is 2.39. The summed E-state index contributed by atoms with van der Waals surface area (Å²) in [4.78, 5) is 12.5. The van der Waals surface area contributed by atoms with Crippen LogP contribution in [0, 0.1) is 11.2 Å². The summed E-state index contributed by atoms with van der Waals surface area (Å²) in [5, 5.41) is 3.24. The second-order valence-corrected chi connectivity index (χ2v) is 5.87. The normalized spacial score (nSPS) is 19.0. The Kier molecular flexibility index (Phi) is 5.19. The molecule has 0 spiro atoms. The van der Waals surface area contributed by atoms with Gasteiger partial charge in [-0.05, 0) is 37.5 Å². The number of rotatable bonds is 4. The zero-order valence-corrected chi connectivity index (χ0v) is 12.8. The highest BCUT2D eigenvalue weighted by molar-refractivity contribution is 6.31. The van der Waals surface area contributed by atoms with E-state index in [2.05, 4.69) is 5.32 Å². The van der Waals surface area contributed by atoms with E-state index in [0.717, 1.165) is 0 Å². The SMILES string of the molecule is CC(NC(=O)C1(CN)CCOCC1)c1ccc(F)cc1Cl. The molecule has 116 valence electrons. The minimum Gasteiger partial charge on any atom is -0.381 e. The summed E-state index contributed by atoms with van der Waals surface area (Å²) in [5.41, 5.74) is 5.91. The quantitative estimate of drug-likeness (QED) is 0.897. The zero-order valence-electron chi connectivity index (χ0n) is 12.0. The highest BCUT2D eigenvalue weighted by Crippen LogP contribution is 2.31. The first-order chi connectivity index (χ1) is 9.98. The first-order valence-corrected chi connectivity index (χ1v) is 7.40. The monoisotopic (exact) mass is 314 g/mol. The first-order valence-electron chi connectivity index (χ1n) is 7.02. The maximum Gasteiger partial charge on any atom is 0.228 e. The van der Waals surface area contributed by atoms with E-state index in [1.807, 2.05) is 6.92 Å². The molecule has 1 aromatic rings. The van der Waals surface area contributed by atoms with Gasteiger partial charge >= 0.3 is 0 Å². The van der Waals surface area contributed by atoms with Crippen molar-refractivity contribution < 1.29 is 13.9 Å². The molecule has 0 saturated carbocycles. The Labute approximate surface area is 128 Å². The fourth-order valence-corrected chi connectivity index (χ4v) is 2.90. The van der Waals surface area contributed by atoms with Crippen molar-refractivity contribution in [2.75, 3.05) is 19.8 Å². The van der Waals surface area contributed by atoms with Crippen LogP contribution < -0.4 is 11.1 Å². The molecule has 21 heavy (non-hydrogen) atoms. The molecule has 1 amide bonds. The minimum absolute atomic E-state index is 0.0961. The molecule has 1 aromatic carbocycles. The fraction of sp³-hybridized carbons (Fsp3) is 0.533. The summed E-state index contributed by atoms with van der Waals surface area (Å²) in [5.74, 6) is -0.494. The molecule has 3 N–H and O–H groups in total. The Bertz CT molecular complexity index is 518. The molecule has 6 heteroatoms. The summed E-state index contributed by atoms with van der Waals surface area (Å²) in [6.07, 6.45) is 1.22. The third kappa shape index (κ3) is 3.54. The van der Waals surface area contributed by atoms with Crippen molar-refractivity contribution in [3.05, 3.63) is 34.6 Å². The number of amides is 1. The van der Waals surface area contributed by atoms with Gasteiger partial charge in [0.2, 0.25) is 5.91 Å². The number of carbonyl (C=O) groups is 1. The lowest BCUT2D eigenvalue weighted by Gasteiger charge is -2.35. The van der Waals surface area contributed by atoms with Crippen LogP contribution in [0.3, 0.4) is 0 Å². The van der Waals surface area contributed by atoms with Crippen molar-refractivity contribution in [3.8, 4) is 0 Å². The summed E-state index contributed by atoms with van der Waals surface area (Å²) in [7, 11) is 0. The highest BCUT2D eigenvalue weighted by atomic mass is 35.5. The van der Waals surface area contributed by atoms with Gasteiger partial charge in [-0.25, -0.2) is 4.39 Å². The largest absolute Gasteiger partial charge is 0.381 e. The van der Waals surface area contributed by atoms with Crippen molar-refractivity contribution >= 4 is 17.5 Å². The standard InChI is InChI=1S/C15H20ClFN2O2/c1-10(12-3-2-11(17)8-13(12)16)19-14(20)15(9-18)4-6-21-7-5-15/h2-3,8,10H,4-7,9,18H2,1H3,(H,19,20). The predicted octanol–water partition coefficient (Wildman–Crippen LogP) is 2.41. The summed E-state index contributed by atoms with van der Waals surface area (Å²) >= 11 is 6.03. The molecule has 0 bridgehead atoms. The molecule has 1 saturated heterocycles. The van der Waals surface area contributed by atoms with Crippen LogP contribution in [0.1, 0.15) is 31.4 Å². The first kappa shape index (κ1) is 16.2. The van der Waals surface area contributed by atoms with Crippen LogP contribution in [-0.2, 0) is 9.53 Å². The van der Waals surface area contributed by atoms with Gasteiger partial charge in [0.05, 0.1) is 11.5 Å². The number of nitrogens with two attached hydrogens (primary N) is 1. The van der Waals surface area contributed by atoms with Gasteiger partial charge in [0.25, 0.3) is 0 Å². The van der Waals surface area contributed by atoms with E-state index in [4.69, 9.17) is 22.1 Å². The van der Waals surface area contributed by atoms with E-state index < -0.39 is 11.2 Å².